The summed E-state index contributed by atoms with van der Waals surface area (Å²) in [5.41, 5.74) is 4.37. The first-order valence-electron chi connectivity index (χ1n) is 9.74. The molecule has 0 radical (unpaired) electrons. The van der Waals surface area contributed by atoms with Crippen LogP contribution in [0.1, 0.15) is 80.9 Å². The second kappa shape index (κ2) is 7.28. The summed E-state index contributed by atoms with van der Waals surface area (Å²) in [5, 5.41) is 0. The maximum absolute atomic E-state index is 5.47. The third-order valence-corrected chi connectivity index (χ3v) is 6.94. The van der Waals surface area contributed by atoms with Gasteiger partial charge in [-0.25, -0.2) is 0 Å². The maximum atomic E-state index is 5.47. The molecule has 0 saturated heterocycles. The van der Waals surface area contributed by atoms with Crippen LogP contribution in [0.25, 0.3) is 0 Å². The van der Waals surface area contributed by atoms with E-state index < -0.39 is 0 Å². The molecule has 1 heteroatoms. The normalized spacial score (nSPS) is 31.8. The Morgan fingerprint density at radius 3 is 1.91 bits per heavy atom. The minimum Gasteiger partial charge on any atom is -0.496 e. The van der Waals surface area contributed by atoms with Crippen molar-refractivity contribution >= 4 is 0 Å². The molecule has 2 fully saturated rings. The lowest BCUT2D eigenvalue weighted by Crippen LogP contribution is -2.25. The largest absolute Gasteiger partial charge is 0.496 e. The zero-order chi connectivity index (χ0) is 16.4. The fraction of sp³-hybridized carbons (Fsp3) is 0.727. The Bertz CT molecular complexity index is 517. The molecule has 1 aromatic rings. The van der Waals surface area contributed by atoms with Crippen LogP contribution in [0.3, 0.4) is 0 Å². The van der Waals surface area contributed by atoms with Gasteiger partial charge in [0, 0.05) is 0 Å². The van der Waals surface area contributed by atoms with Crippen LogP contribution in [0, 0.1) is 31.6 Å². The van der Waals surface area contributed by atoms with Crippen molar-refractivity contribution in [2.24, 2.45) is 17.8 Å². The molecule has 0 aliphatic heterocycles. The minimum atomic E-state index is 0.776. The van der Waals surface area contributed by atoms with Gasteiger partial charge in [0.25, 0.3) is 0 Å². The average molecular weight is 315 g/mol. The number of rotatable bonds is 3. The first kappa shape index (κ1) is 16.9. The first-order chi connectivity index (χ1) is 11.1. The van der Waals surface area contributed by atoms with Gasteiger partial charge in [0.15, 0.2) is 0 Å². The Balaban J connectivity index is 1.62. The molecule has 23 heavy (non-hydrogen) atoms. The van der Waals surface area contributed by atoms with E-state index in [9.17, 15) is 0 Å². The van der Waals surface area contributed by atoms with E-state index >= 15 is 0 Å². The monoisotopic (exact) mass is 314 g/mol. The van der Waals surface area contributed by atoms with E-state index in [1.807, 2.05) is 0 Å². The third-order valence-electron chi connectivity index (χ3n) is 6.94. The number of hydrogen-bond acceptors (Lipinski definition) is 1. The average Bonchev–Trinajstić information content (AvgIpc) is 2.58. The Morgan fingerprint density at radius 1 is 0.783 bits per heavy atom. The van der Waals surface area contributed by atoms with E-state index in [1.165, 1.54) is 62.5 Å². The number of hydrogen-bond donors (Lipinski definition) is 0. The van der Waals surface area contributed by atoms with Crippen molar-refractivity contribution in [3.8, 4) is 5.75 Å². The van der Waals surface area contributed by atoms with Crippen LogP contribution in [0.15, 0.2) is 12.1 Å². The van der Waals surface area contributed by atoms with Crippen LogP contribution >= 0.6 is 0 Å². The molecular formula is C22H34O. The fourth-order valence-corrected chi connectivity index (χ4v) is 5.14. The van der Waals surface area contributed by atoms with Gasteiger partial charge >= 0.3 is 0 Å². The van der Waals surface area contributed by atoms with E-state index in [2.05, 4.69) is 32.9 Å². The summed E-state index contributed by atoms with van der Waals surface area (Å²) in [7, 11) is 1.78. The molecule has 2 aliphatic rings. The van der Waals surface area contributed by atoms with Crippen LogP contribution in [-0.4, -0.2) is 7.11 Å². The lowest BCUT2D eigenvalue weighted by Gasteiger charge is -2.37. The van der Waals surface area contributed by atoms with Crippen molar-refractivity contribution in [3.63, 3.8) is 0 Å². The highest BCUT2D eigenvalue weighted by molar-refractivity contribution is 5.45. The van der Waals surface area contributed by atoms with Gasteiger partial charge in [0.1, 0.15) is 5.75 Å². The summed E-state index contributed by atoms with van der Waals surface area (Å²) < 4.78 is 5.47. The summed E-state index contributed by atoms with van der Waals surface area (Å²) >= 11 is 0. The first-order valence-corrected chi connectivity index (χ1v) is 9.74. The van der Waals surface area contributed by atoms with E-state index in [4.69, 9.17) is 4.74 Å². The number of benzene rings is 1. The molecule has 1 aromatic carbocycles. The molecule has 1 nitrogen and oxygen atoms in total. The summed E-state index contributed by atoms with van der Waals surface area (Å²) in [6.07, 6.45) is 11.6. The second-order valence-electron chi connectivity index (χ2n) is 8.24. The lowest BCUT2D eigenvalue weighted by molar-refractivity contribution is 0.165. The van der Waals surface area contributed by atoms with Crippen molar-refractivity contribution in [1.29, 1.82) is 0 Å². The quantitative estimate of drug-likeness (QED) is 0.626. The van der Waals surface area contributed by atoms with Crippen molar-refractivity contribution in [2.75, 3.05) is 7.11 Å². The van der Waals surface area contributed by atoms with Crippen molar-refractivity contribution in [3.05, 3.63) is 28.8 Å². The molecule has 0 spiro atoms. The van der Waals surface area contributed by atoms with Crippen LogP contribution < -0.4 is 4.74 Å². The number of methoxy groups -OCH3 is 1. The topological polar surface area (TPSA) is 9.23 Å². The van der Waals surface area contributed by atoms with Crippen LogP contribution in [0.5, 0.6) is 5.75 Å². The standard InChI is InChI=1S/C22H34O/c1-15-5-7-18(8-6-15)19-9-11-20(12-10-19)21-13-14-22(23-4)17(3)16(21)2/h13-15,18-20H,5-12H2,1-4H3. The van der Waals surface area contributed by atoms with Crippen LogP contribution in [0.2, 0.25) is 0 Å². The van der Waals surface area contributed by atoms with Gasteiger partial charge in [-0.2, -0.15) is 0 Å². The molecule has 0 heterocycles. The molecule has 0 bridgehead atoms. The summed E-state index contributed by atoms with van der Waals surface area (Å²) in [5.74, 6) is 4.84. The Morgan fingerprint density at radius 2 is 1.35 bits per heavy atom. The summed E-state index contributed by atoms with van der Waals surface area (Å²) in [4.78, 5) is 0. The van der Waals surface area contributed by atoms with Gasteiger partial charge in [-0.15, -0.1) is 0 Å². The van der Waals surface area contributed by atoms with Crippen LogP contribution in [0.4, 0.5) is 0 Å². The van der Waals surface area contributed by atoms with Gasteiger partial charge in [0.05, 0.1) is 7.11 Å². The Kier molecular flexibility index (Phi) is 5.34. The van der Waals surface area contributed by atoms with Crippen LogP contribution in [-0.2, 0) is 0 Å². The molecule has 2 saturated carbocycles. The molecule has 0 amide bonds. The van der Waals surface area contributed by atoms with Crippen molar-refractivity contribution in [2.45, 2.75) is 78.1 Å². The third kappa shape index (κ3) is 3.59. The highest BCUT2D eigenvalue weighted by Gasteiger charge is 2.31. The van der Waals surface area contributed by atoms with Gasteiger partial charge < -0.3 is 4.74 Å². The predicted octanol–water partition coefficient (Wildman–Crippen LogP) is 6.41. The molecule has 0 aromatic heterocycles. The zero-order valence-electron chi connectivity index (χ0n) is 15.5. The summed E-state index contributed by atoms with van der Waals surface area (Å²) in [6.45, 7) is 6.91. The van der Waals surface area contributed by atoms with E-state index in [-0.39, 0.29) is 0 Å². The zero-order valence-corrected chi connectivity index (χ0v) is 15.5. The van der Waals surface area contributed by atoms with E-state index in [0.29, 0.717) is 0 Å². The van der Waals surface area contributed by atoms with Gasteiger partial charge in [-0.1, -0.05) is 25.8 Å². The molecule has 0 N–H and O–H groups in total. The molecule has 0 atom stereocenters. The van der Waals surface area contributed by atoms with Gasteiger partial charge in [-0.05, 0) is 98.8 Å². The van der Waals surface area contributed by atoms with E-state index in [0.717, 1.165) is 29.4 Å². The molecule has 0 unspecified atom stereocenters. The highest BCUT2D eigenvalue weighted by atomic mass is 16.5. The summed E-state index contributed by atoms with van der Waals surface area (Å²) in [6, 6.07) is 4.50. The van der Waals surface area contributed by atoms with Crippen molar-refractivity contribution in [1.82, 2.24) is 0 Å². The SMILES string of the molecule is COc1ccc(C2CCC(C3CCC(C)CC3)CC2)c(C)c1C. The van der Waals surface area contributed by atoms with Gasteiger partial charge in [0.2, 0.25) is 0 Å². The number of ether oxygens (including phenoxy) is 1. The Labute approximate surface area is 142 Å². The maximum Gasteiger partial charge on any atom is 0.122 e. The second-order valence-corrected chi connectivity index (χ2v) is 8.24. The fourth-order valence-electron chi connectivity index (χ4n) is 5.14. The molecule has 2 aliphatic carbocycles. The molecule has 128 valence electrons. The van der Waals surface area contributed by atoms with E-state index in [1.54, 1.807) is 12.7 Å². The highest BCUT2D eigenvalue weighted by Crippen LogP contribution is 2.45. The molecule has 3 rings (SSSR count). The smallest absolute Gasteiger partial charge is 0.122 e. The lowest BCUT2D eigenvalue weighted by atomic mass is 9.68. The predicted molar refractivity (Wildman–Crippen MR) is 98.3 cm³/mol. The minimum absolute atomic E-state index is 0.776. The molecular weight excluding hydrogens is 280 g/mol. The van der Waals surface area contributed by atoms with Crippen molar-refractivity contribution < 1.29 is 4.74 Å². The Hall–Kier alpha value is -0.980. The van der Waals surface area contributed by atoms with Gasteiger partial charge in [-0.3, -0.25) is 0 Å².